The number of hydrogen-bond donors (Lipinski definition) is 1. The van der Waals surface area contributed by atoms with Gasteiger partial charge in [-0.1, -0.05) is 23.4 Å². The number of amides is 1. The lowest BCUT2D eigenvalue weighted by atomic mass is 10.2. The van der Waals surface area contributed by atoms with Crippen molar-refractivity contribution >= 4 is 34.0 Å². The van der Waals surface area contributed by atoms with Crippen LogP contribution in [0.25, 0.3) is 33.1 Å². The molecule has 0 radical (unpaired) electrons. The van der Waals surface area contributed by atoms with E-state index in [1.54, 1.807) is 11.3 Å². The highest BCUT2D eigenvalue weighted by Gasteiger charge is 2.12. The molecule has 0 aliphatic carbocycles. The number of para-hydroxylation sites is 2. The van der Waals surface area contributed by atoms with Gasteiger partial charge in [-0.25, -0.2) is 4.98 Å². The third kappa shape index (κ3) is 3.97. The van der Waals surface area contributed by atoms with Crippen LogP contribution < -0.4 is 5.32 Å². The van der Waals surface area contributed by atoms with Crippen molar-refractivity contribution in [2.75, 3.05) is 5.32 Å². The molecule has 0 unspecified atom stereocenters. The van der Waals surface area contributed by atoms with Crippen molar-refractivity contribution in [3.8, 4) is 22.1 Å². The molecule has 0 aliphatic heterocycles. The van der Waals surface area contributed by atoms with Gasteiger partial charge in [-0.15, -0.1) is 11.3 Å². The second-order valence-corrected chi connectivity index (χ2v) is 8.05. The second-order valence-electron chi connectivity index (χ2n) is 7.10. The van der Waals surface area contributed by atoms with Gasteiger partial charge in [0.15, 0.2) is 0 Å². The maximum Gasteiger partial charge on any atom is 0.227 e. The third-order valence-electron chi connectivity index (χ3n) is 4.99. The summed E-state index contributed by atoms with van der Waals surface area (Å²) in [5, 5.41) is 8.84. The number of anilines is 1. The van der Waals surface area contributed by atoms with Crippen LogP contribution in [0.1, 0.15) is 12.3 Å². The van der Waals surface area contributed by atoms with E-state index in [2.05, 4.69) is 20.0 Å². The molecule has 3 heterocycles. The Morgan fingerprint density at radius 2 is 1.90 bits per heavy atom. The van der Waals surface area contributed by atoms with Gasteiger partial charge in [-0.2, -0.15) is 4.98 Å². The standard InChI is InChI=1S/C23H19N5O2S/c1-28-18-6-3-2-5-17(18)25-23(28)15-8-10-16(11-9-15)24-20(29)12-13-21-26-22(27-30-21)19-7-4-14-31-19/h2-11,14H,12-13H2,1H3,(H,24,29). The summed E-state index contributed by atoms with van der Waals surface area (Å²) in [5.74, 6) is 1.79. The number of thiophene rings is 1. The molecule has 0 bridgehead atoms. The lowest BCUT2D eigenvalue weighted by Crippen LogP contribution is -2.12. The molecular formula is C23H19N5O2S. The molecule has 0 spiro atoms. The minimum absolute atomic E-state index is 0.105. The largest absolute Gasteiger partial charge is 0.339 e. The zero-order chi connectivity index (χ0) is 21.2. The summed E-state index contributed by atoms with van der Waals surface area (Å²) in [6, 6.07) is 19.6. The van der Waals surface area contributed by atoms with Gasteiger partial charge < -0.3 is 14.4 Å². The molecule has 154 valence electrons. The number of fused-ring (bicyclic) bond motifs is 1. The van der Waals surface area contributed by atoms with E-state index in [-0.39, 0.29) is 12.3 Å². The molecule has 5 aromatic rings. The molecule has 0 aliphatic rings. The van der Waals surface area contributed by atoms with E-state index in [1.807, 2.05) is 73.1 Å². The first-order valence-corrected chi connectivity index (χ1v) is 10.7. The summed E-state index contributed by atoms with van der Waals surface area (Å²) in [7, 11) is 2.00. The predicted octanol–water partition coefficient (Wildman–Crippen LogP) is 4.92. The number of nitrogens with one attached hydrogen (secondary N) is 1. The number of rotatable bonds is 6. The zero-order valence-corrected chi connectivity index (χ0v) is 17.6. The Balaban J connectivity index is 1.21. The van der Waals surface area contributed by atoms with Gasteiger partial charge in [-0.05, 0) is 47.8 Å². The molecule has 31 heavy (non-hydrogen) atoms. The van der Waals surface area contributed by atoms with Crippen LogP contribution in [0.2, 0.25) is 0 Å². The summed E-state index contributed by atoms with van der Waals surface area (Å²) < 4.78 is 7.31. The van der Waals surface area contributed by atoms with Crippen LogP contribution in [0.5, 0.6) is 0 Å². The Kier molecular flexibility index (Phi) is 5.05. The van der Waals surface area contributed by atoms with Gasteiger partial charge in [0.2, 0.25) is 17.6 Å². The molecule has 3 aromatic heterocycles. The Morgan fingerprint density at radius 3 is 2.68 bits per heavy atom. The van der Waals surface area contributed by atoms with Crippen LogP contribution in [-0.2, 0) is 18.3 Å². The molecule has 0 fully saturated rings. The minimum atomic E-state index is -0.105. The van der Waals surface area contributed by atoms with E-state index in [0.717, 1.165) is 33.0 Å². The summed E-state index contributed by atoms with van der Waals surface area (Å²) in [5.41, 5.74) is 3.76. The maximum absolute atomic E-state index is 12.3. The first kappa shape index (κ1) is 19.2. The first-order chi connectivity index (χ1) is 15.2. The van der Waals surface area contributed by atoms with Crippen molar-refractivity contribution < 1.29 is 9.32 Å². The van der Waals surface area contributed by atoms with Gasteiger partial charge in [0, 0.05) is 31.1 Å². The molecule has 5 rings (SSSR count). The quantitative estimate of drug-likeness (QED) is 0.414. The highest BCUT2D eigenvalue weighted by molar-refractivity contribution is 7.13. The van der Waals surface area contributed by atoms with E-state index < -0.39 is 0 Å². The summed E-state index contributed by atoms with van der Waals surface area (Å²) in [6.07, 6.45) is 0.654. The van der Waals surface area contributed by atoms with Crippen LogP contribution in [0.3, 0.4) is 0 Å². The Bertz CT molecular complexity index is 1340. The molecule has 0 atom stereocenters. The van der Waals surface area contributed by atoms with Crippen molar-refractivity contribution in [1.29, 1.82) is 0 Å². The van der Waals surface area contributed by atoms with Gasteiger partial charge in [0.25, 0.3) is 0 Å². The maximum atomic E-state index is 12.3. The van der Waals surface area contributed by atoms with Crippen molar-refractivity contribution in [3.63, 3.8) is 0 Å². The Labute approximate surface area is 182 Å². The molecule has 1 amide bonds. The number of carbonyl (C=O) groups excluding carboxylic acids is 1. The van der Waals surface area contributed by atoms with Crippen molar-refractivity contribution in [2.24, 2.45) is 7.05 Å². The average Bonchev–Trinajstić information content (AvgIpc) is 3.54. The fourth-order valence-electron chi connectivity index (χ4n) is 3.41. The number of hydrogen-bond acceptors (Lipinski definition) is 6. The molecular weight excluding hydrogens is 410 g/mol. The lowest BCUT2D eigenvalue weighted by Gasteiger charge is -2.06. The summed E-state index contributed by atoms with van der Waals surface area (Å²) >= 11 is 1.55. The number of imidazole rings is 1. The third-order valence-corrected chi connectivity index (χ3v) is 5.86. The van der Waals surface area contributed by atoms with Crippen molar-refractivity contribution in [1.82, 2.24) is 19.7 Å². The van der Waals surface area contributed by atoms with E-state index in [0.29, 0.717) is 18.1 Å². The molecule has 0 saturated carbocycles. The second kappa shape index (κ2) is 8.16. The van der Waals surface area contributed by atoms with Gasteiger partial charge >= 0.3 is 0 Å². The van der Waals surface area contributed by atoms with E-state index in [1.165, 1.54) is 0 Å². The van der Waals surface area contributed by atoms with Crippen LogP contribution >= 0.6 is 11.3 Å². The van der Waals surface area contributed by atoms with E-state index in [4.69, 9.17) is 9.51 Å². The van der Waals surface area contributed by atoms with Crippen LogP contribution in [0.15, 0.2) is 70.6 Å². The normalized spacial score (nSPS) is 11.1. The number of aryl methyl sites for hydroxylation is 2. The molecule has 0 saturated heterocycles. The van der Waals surface area contributed by atoms with Crippen molar-refractivity contribution in [3.05, 3.63) is 71.9 Å². The van der Waals surface area contributed by atoms with Gasteiger partial charge in [-0.3, -0.25) is 4.79 Å². The Morgan fingerprint density at radius 1 is 1.06 bits per heavy atom. The topological polar surface area (TPSA) is 85.8 Å². The molecule has 8 heteroatoms. The fraction of sp³-hybridized carbons (Fsp3) is 0.130. The predicted molar refractivity (Wildman–Crippen MR) is 121 cm³/mol. The minimum Gasteiger partial charge on any atom is -0.339 e. The number of aromatic nitrogens is 4. The molecule has 7 nitrogen and oxygen atoms in total. The highest BCUT2D eigenvalue weighted by atomic mass is 32.1. The first-order valence-electron chi connectivity index (χ1n) is 9.85. The highest BCUT2D eigenvalue weighted by Crippen LogP contribution is 2.25. The van der Waals surface area contributed by atoms with Crippen molar-refractivity contribution in [2.45, 2.75) is 12.8 Å². The van der Waals surface area contributed by atoms with E-state index in [9.17, 15) is 4.79 Å². The SMILES string of the molecule is Cn1c(-c2ccc(NC(=O)CCc3nc(-c4cccs4)no3)cc2)nc2ccccc21. The van der Waals surface area contributed by atoms with Gasteiger partial charge in [0.1, 0.15) is 5.82 Å². The monoisotopic (exact) mass is 429 g/mol. The number of carbonyl (C=O) groups is 1. The molecule has 1 N–H and O–H groups in total. The number of nitrogens with zero attached hydrogens (tertiary/aromatic N) is 4. The number of benzene rings is 2. The summed E-state index contributed by atoms with van der Waals surface area (Å²) in [4.78, 5) is 22.3. The lowest BCUT2D eigenvalue weighted by molar-refractivity contribution is -0.116. The summed E-state index contributed by atoms with van der Waals surface area (Å²) in [6.45, 7) is 0. The zero-order valence-electron chi connectivity index (χ0n) is 16.8. The van der Waals surface area contributed by atoms with Crippen LogP contribution in [-0.4, -0.2) is 25.6 Å². The average molecular weight is 430 g/mol. The fourth-order valence-corrected chi connectivity index (χ4v) is 4.06. The smallest absolute Gasteiger partial charge is 0.227 e. The molecule has 2 aromatic carbocycles. The van der Waals surface area contributed by atoms with Gasteiger partial charge in [0.05, 0.1) is 15.9 Å². The van der Waals surface area contributed by atoms with E-state index >= 15 is 0 Å². The van der Waals surface area contributed by atoms with Crippen LogP contribution in [0, 0.1) is 0 Å². The van der Waals surface area contributed by atoms with Crippen LogP contribution in [0.4, 0.5) is 5.69 Å². The Hall–Kier alpha value is -3.78.